The van der Waals surface area contributed by atoms with E-state index in [4.69, 9.17) is 4.74 Å². The van der Waals surface area contributed by atoms with E-state index in [-0.39, 0.29) is 18.1 Å². The van der Waals surface area contributed by atoms with Crippen LogP contribution in [-0.2, 0) is 9.53 Å². The zero-order valence-electron chi connectivity index (χ0n) is 13.5. The largest absolute Gasteiger partial charge is 0.366 e. The Morgan fingerprint density at radius 3 is 2.47 bits per heavy atom. The van der Waals surface area contributed by atoms with Gasteiger partial charge in [-0.2, -0.15) is 0 Å². The Morgan fingerprint density at radius 2 is 1.95 bits per heavy atom. The molecule has 0 radical (unpaired) electrons. The summed E-state index contributed by atoms with van der Waals surface area (Å²) in [5.74, 6) is 1.97. The molecule has 1 amide bonds. The number of carbonyl (C=O) groups is 1. The van der Waals surface area contributed by atoms with E-state index >= 15 is 0 Å². The molecule has 1 N–H and O–H groups in total. The lowest BCUT2D eigenvalue weighted by Gasteiger charge is -2.38. The fraction of sp³-hybridized carbons (Fsp3) is 0.938. The minimum atomic E-state index is -0.255. The highest BCUT2D eigenvalue weighted by atomic mass is 16.5. The summed E-state index contributed by atoms with van der Waals surface area (Å²) < 4.78 is 5.54. The summed E-state index contributed by atoms with van der Waals surface area (Å²) in [5.41, 5.74) is -0.255. The molecule has 0 aliphatic heterocycles. The summed E-state index contributed by atoms with van der Waals surface area (Å²) in [6, 6.07) is 0.319. The Balaban J connectivity index is 2.49. The number of carbonyl (C=O) groups excluding carboxylic acids is 1. The van der Waals surface area contributed by atoms with Crippen molar-refractivity contribution in [2.24, 2.45) is 17.8 Å². The minimum Gasteiger partial charge on any atom is -0.366 e. The molecule has 1 rings (SSSR count). The van der Waals surface area contributed by atoms with Gasteiger partial charge in [0, 0.05) is 6.04 Å². The van der Waals surface area contributed by atoms with E-state index in [1.807, 2.05) is 20.8 Å². The Morgan fingerprint density at radius 1 is 1.32 bits per heavy atom. The van der Waals surface area contributed by atoms with Crippen molar-refractivity contribution in [1.29, 1.82) is 0 Å². The number of ether oxygens (including phenoxy) is 1. The molecule has 0 spiro atoms. The van der Waals surface area contributed by atoms with Crippen LogP contribution < -0.4 is 5.32 Å². The van der Waals surface area contributed by atoms with Crippen molar-refractivity contribution < 1.29 is 9.53 Å². The Kier molecular flexibility index (Phi) is 5.84. The molecule has 0 aromatic carbocycles. The quantitative estimate of drug-likeness (QED) is 0.849. The van der Waals surface area contributed by atoms with Crippen LogP contribution in [0.1, 0.15) is 60.8 Å². The number of amides is 1. The van der Waals surface area contributed by atoms with Crippen molar-refractivity contribution in [1.82, 2.24) is 5.32 Å². The first kappa shape index (κ1) is 16.5. The molecule has 3 unspecified atom stereocenters. The van der Waals surface area contributed by atoms with Gasteiger partial charge in [-0.05, 0) is 51.4 Å². The van der Waals surface area contributed by atoms with Gasteiger partial charge in [-0.25, -0.2) is 0 Å². The molecular formula is C16H31NO2. The number of hydrogen-bond acceptors (Lipinski definition) is 2. The van der Waals surface area contributed by atoms with Crippen molar-refractivity contribution in [2.75, 3.05) is 6.61 Å². The van der Waals surface area contributed by atoms with Gasteiger partial charge in [0.15, 0.2) is 0 Å². The standard InChI is InChI=1S/C16H31NO2/c1-11(2)13-8-7-12(3)9-14(13)17-15(18)10-19-16(4,5)6/h11-14H,7-10H2,1-6H3,(H,17,18). The average molecular weight is 269 g/mol. The lowest BCUT2D eigenvalue weighted by molar-refractivity contribution is -0.132. The van der Waals surface area contributed by atoms with Gasteiger partial charge in [0.25, 0.3) is 0 Å². The van der Waals surface area contributed by atoms with E-state index in [0.29, 0.717) is 23.8 Å². The maximum absolute atomic E-state index is 12.0. The van der Waals surface area contributed by atoms with Gasteiger partial charge in [0.05, 0.1) is 5.60 Å². The second-order valence-corrected chi connectivity index (χ2v) is 7.40. The Labute approximate surface area is 118 Å². The SMILES string of the molecule is CC1CCC(C(C)C)C(NC(=O)COC(C)(C)C)C1. The molecule has 0 saturated heterocycles. The van der Waals surface area contributed by atoms with E-state index in [2.05, 4.69) is 26.1 Å². The van der Waals surface area contributed by atoms with Gasteiger partial charge in [0.1, 0.15) is 6.61 Å². The maximum atomic E-state index is 12.0. The molecule has 19 heavy (non-hydrogen) atoms. The van der Waals surface area contributed by atoms with Crippen LogP contribution in [0.25, 0.3) is 0 Å². The molecule has 1 aliphatic rings. The number of nitrogens with one attached hydrogen (secondary N) is 1. The van der Waals surface area contributed by atoms with Crippen LogP contribution in [0.5, 0.6) is 0 Å². The van der Waals surface area contributed by atoms with Gasteiger partial charge < -0.3 is 10.1 Å². The molecule has 3 nitrogen and oxygen atoms in total. The third-order valence-corrected chi connectivity index (χ3v) is 4.00. The zero-order chi connectivity index (χ0) is 14.6. The Bertz CT molecular complexity index is 294. The fourth-order valence-electron chi connectivity index (χ4n) is 2.90. The highest BCUT2D eigenvalue weighted by Gasteiger charge is 2.31. The molecule has 0 aromatic rings. The van der Waals surface area contributed by atoms with Crippen LogP contribution in [-0.4, -0.2) is 24.2 Å². The van der Waals surface area contributed by atoms with Crippen molar-refractivity contribution in [3.63, 3.8) is 0 Å². The summed E-state index contributed by atoms with van der Waals surface area (Å²) in [7, 11) is 0. The average Bonchev–Trinajstić information content (AvgIpc) is 2.25. The lowest BCUT2D eigenvalue weighted by atomic mass is 9.74. The monoisotopic (exact) mass is 269 g/mol. The topological polar surface area (TPSA) is 38.3 Å². The van der Waals surface area contributed by atoms with Crippen molar-refractivity contribution in [2.45, 2.75) is 72.4 Å². The van der Waals surface area contributed by atoms with E-state index < -0.39 is 0 Å². The summed E-state index contributed by atoms with van der Waals surface area (Å²) in [6.07, 6.45) is 3.61. The Hall–Kier alpha value is -0.570. The third-order valence-electron chi connectivity index (χ3n) is 4.00. The number of rotatable bonds is 4. The van der Waals surface area contributed by atoms with Crippen molar-refractivity contribution in [3.05, 3.63) is 0 Å². The molecule has 0 bridgehead atoms. The van der Waals surface area contributed by atoms with Crippen LogP contribution in [0.15, 0.2) is 0 Å². The van der Waals surface area contributed by atoms with Gasteiger partial charge in [-0.15, -0.1) is 0 Å². The van der Waals surface area contributed by atoms with Crippen LogP contribution in [0.4, 0.5) is 0 Å². The third kappa shape index (κ3) is 5.94. The van der Waals surface area contributed by atoms with Gasteiger partial charge >= 0.3 is 0 Å². The molecule has 0 heterocycles. The van der Waals surface area contributed by atoms with Crippen molar-refractivity contribution in [3.8, 4) is 0 Å². The zero-order valence-corrected chi connectivity index (χ0v) is 13.5. The van der Waals surface area contributed by atoms with Crippen molar-refractivity contribution >= 4 is 5.91 Å². The smallest absolute Gasteiger partial charge is 0.246 e. The van der Waals surface area contributed by atoms with E-state index in [9.17, 15) is 4.79 Å². The van der Waals surface area contributed by atoms with E-state index in [1.54, 1.807) is 0 Å². The summed E-state index contributed by atoms with van der Waals surface area (Å²) in [4.78, 5) is 12.0. The van der Waals surface area contributed by atoms with Crippen LogP contribution >= 0.6 is 0 Å². The lowest BCUT2D eigenvalue weighted by Crippen LogP contribution is -2.47. The molecular weight excluding hydrogens is 238 g/mol. The first-order valence-corrected chi connectivity index (χ1v) is 7.62. The first-order valence-electron chi connectivity index (χ1n) is 7.62. The molecule has 1 saturated carbocycles. The van der Waals surface area contributed by atoms with Gasteiger partial charge in [-0.3, -0.25) is 4.79 Å². The second-order valence-electron chi connectivity index (χ2n) is 7.40. The fourth-order valence-corrected chi connectivity index (χ4v) is 2.90. The summed E-state index contributed by atoms with van der Waals surface area (Å²) in [6.45, 7) is 12.9. The summed E-state index contributed by atoms with van der Waals surface area (Å²) in [5, 5.41) is 3.19. The summed E-state index contributed by atoms with van der Waals surface area (Å²) >= 11 is 0. The molecule has 1 aliphatic carbocycles. The second kappa shape index (κ2) is 6.74. The van der Waals surface area contributed by atoms with Gasteiger partial charge in [0.2, 0.25) is 5.91 Å². The van der Waals surface area contributed by atoms with Crippen LogP contribution in [0.2, 0.25) is 0 Å². The molecule has 3 heteroatoms. The van der Waals surface area contributed by atoms with Gasteiger partial charge in [-0.1, -0.05) is 27.2 Å². The van der Waals surface area contributed by atoms with E-state index in [0.717, 1.165) is 6.42 Å². The molecule has 3 atom stereocenters. The number of hydrogen-bond donors (Lipinski definition) is 1. The first-order chi connectivity index (χ1) is 8.69. The molecule has 0 aromatic heterocycles. The van der Waals surface area contributed by atoms with Crippen LogP contribution in [0.3, 0.4) is 0 Å². The molecule has 1 fully saturated rings. The predicted octanol–water partition coefficient (Wildman–Crippen LogP) is 3.38. The minimum absolute atomic E-state index is 0.0275. The maximum Gasteiger partial charge on any atom is 0.246 e. The predicted molar refractivity (Wildman–Crippen MR) is 79.0 cm³/mol. The highest BCUT2D eigenvalue weighted by Crippen LogP contribution is 2.33. The van der Waals surface area contributed by atoms with E-state index in [1.165, 1.54) is 12.8 Å². The molecule has 112 valence electrons. The normalized spacial score (nSPS) is 28.5. The highest BCUT2D eigenvalue weighted by molar-refractivity contribution is 5.77. The van der Waals surface area contributed by atoms with Crippen LogP contribution in [0, 0.1) is 17.8 Å².